The summed E-state index contributed by atoms with van der Waals surface area (Å²) in [5.41, 5.74) is 11.0. The van der Waals surface area contributed by atoms with Crippen LogP contribution in [0.2, 0.25) is 0 Å². The Morgan fingerprint density at radius 3 is 2.40 bits per heavy atom. The molecule has 0 saturated carbocycles. The minimum atomic E-state index is -4.72. The van der Waals surface area contributed by atoms with Crippen molar-refractivity contribution < 1.29 is 17.9 Å². The van der Waals surface area contributed by atoms with Crippen LogP contribution in [0.15, 0.2) is 70.4 Å². The van der Waals surface area contributed by atoms with Gasteiger partial charge in [-0.05, 0) is 79.1 Å². The van der Waals surface area contributed by atoms with Crippen LogP contribution in [0, 0.1) is 5.92 Å². The first-order chi connectivity index (χ1) is 20.6. The summed E-state index contributed by atoms with van der Waals surface area (Å²) in [6.45, 7) is 7.12. The van der Waals surface area contributed by atoms with E-state index in [0.29, 0.717) is 24.5 Å². The molecule has 2 aliphatic heterocycles. The van der Waals surface area contributed by atoms with Crippen LogP contribution < -0.4 is 10.5 Å². The minimum Gasteiger partial charge on any atom is -0.406 e. The summed E-state index contributed by atoms with van der Waals surface area (Å²) >= 11 is 13.3. The molecule has 3 aromatic rings. The zero-order chi connectivity index (χ0) is 30.3. The van der Waals surface area contributed by atoms with Crippen molar-refractivity contribution in [1.82, 2.24) is 14.4 Å². The molecule has 2 fully saturated rings. The fourth-order valence-corrected chi connectivity index (χ4v) is 7.48. The summed E-state index contributed by atoms with van der Waals surface area (Å²) in [6, 6.07) is 13.6. The molecule has 3 unspecified atom stereocenters. The highest BCUT2D eigenvalue weighted by Gasteiger charge is 2.40. The molecule has 230 valence electrons. The van der Waals surface area contributed by atoms with E-state index in [1.807, 2.05) is 0 Å². The van der Waals surface area contributed by atoms with E-state index in [1.165, 1.54) is 30.5 Å². The van der Waals surface area contributed by atoms with Crippen molar-refractivity contribution in [2.24, 2.45) is 11.7 Å². The number of piperazine rings is 1. The number of aromatic nitrogens is 1. The largest absolute Gasteiger partial charge is 0.573 e. The third kappa shape index (κ3) is 6.64. The van der Waals surface area contributed by atoms with Gasteiger partial charge in [0.2, 0.25) is 0 Å². The van der Waals surface area contributed by atoms with Crippen LogP contribution in [0.3, 0.4) is 0 Å². The first-order valence-corrected chi connectivity index (χ1v) is 15.8. The maximum Gasteiger partial charge on any atom is 0.573 e. The van der Waals surface area contributed by atoms with Crippen molar-refractivity contribution in [2.45, 2.75) is 64.1 Å². The Bertz CT molecular complexity index is 1520. The molecule has 0 amide bonds. The lowest BCUT2D eigenvalue weighted by molar-refractivity contribution is -0.274. The molecular formula is C33H37Cl2F3N4O. The molecule has 3 heterocycles. The number of rotatable bonds is 9. The van der Waals surface area contributed by atoms with E-state index in [4.69, 9.17) is 28.9 Å². The highest BCUT2D eigenvalue weighted by atomic mass is 35.5. The number of alkyl halides is 3. The average molecular weight is 634 g/mol. The Morgan fingerprint density at radius 2 is 1.72 bits per heavy atom. The molecule has 0 radical (unpaired) electrons. The van der Waals surface area contributed by atoms with Gasteiger partial charge in [0.05, 0.1) is 0 Å². The van der Waals surface area contributed by atoms with E-state index in [9.17, 15) is 13.2 Å². The molecule has 1 aromatic heterocycles. The smallest absolute Gasteiger partial charge is 0.406 e. The summed E-state index contributed by atoms with van der Waals surface area (Å²) in [6.07, 6.45) is 3.52. The van der Waals surface area contributed by atoms with E-state index < -0.39 is 6.36 Å². The molecule has 0 spiro atoms. The predicted octanol–water partition coefficient (Wildman–Crippen LogP) is 7.86. The molecule has 1 aliphatic carbocycles. The zero-order valence-corrected chi connectivity index (χ0v) is 25.7. The number of ether oxygens (including phenoxy) is 1. The number of benzene rings is 2. The number of allylic oxidation sites excluding steroid dienone is 2. The van der Waals surface area contributed by atoms with Gasteiger partial charge < -0.3 is 15.0 Å². The summed E-state index contributed by atoms with van der Waals surface area (Å²) in [5.74, 6) is 0.0849. The molecule has 3 aliphatic rings. The second-order valence-electron chi connectivity index (χ2n) is 12.1. The first kappa shape index (κ1) is 30.5. The van der Waals surface area contributed by atoms with Crippen LogP contribution >= 0.6 is 23.2 Å². The molecule has 2 saturated heterocycles. The Kier molecular flexibility index (Phi) is 8.86. The molecule has 3 atom stereocenters. The van der Waals surface area contributed by atoms with E-state index in [0.717, 1.165) is 83.2 Å². The number of aryl methyl sites for hydroxylation is 1. The number of nitrogens with two attached hydrogens (primary N) is 1. The van der Waals surface area contributed by atoms with Gasteiger partial charge in [-0.15, -0.1) is 13.2 Å². The zero-order valence-electron chi connectivity index (χ0n) is 24.2. The van der Waals surface area contributed by atoms with Crippen molar-refractivity contribution in [3.63, 3.8) is 0 Å². The highest BCUT2D eigenvalue weighted by Crippen LogP contribution is 2.39. The second-order valence-corrected chi connectivity index (χ2v) is 12.9. The minimum absolute atomic E-state index is 0.229. The van der Waals surface area contributed by atoms with Gasteiger partial charge in [0.25, 0.3) is 0 Å². The molecular weight excluding hydrogens is 596 g/mol. The van der Waals surface area contributed by atoms with Gasteiger partial charge in [-0.2, -0.15) is 0 Å². The average Bonchev–Trinajstić information content (AvgIpc) is 3.43. The standard InChI is InChI=1S/C33H37Cl2F3N4O/c1-21-3-11-30(34)29(32(21)35)20-42-24-7-8-25(42)18-40(17-24)16-22-4-12-31-27(15-22)28(19-41(31)14-2-13-39)23-5-9-26(10-6-23)43-33(36,37)38/h4-6,9-12,15,19,21,24-25H,2-3,7-8,13-14,16-18,20,39H2,1H3. The number of fused-ring (bicyclic) bond motifs is 3. The molecule has 2 bridgehead atoms. The van der Waals surface area contributed by atoms with Gasteiger partial charge in [0.15, 0.2) is 0 Å². The number of halogens is 5. The van der Waals surface area contributed by atoms with Gasteiger partial charge in [0.1, 0.15) is 5.75 Å². The number of nitrogens with zero attached hydrogens (tertiary/aromatic N) is 3. The van der Waals surface area contributed by atoms with E-state index >= 15 is 0 Å². The Balaban J connectivity index is 1.21. The SMILES string of the molecule is CC1CC=C(Cl)C(CN2C3CCC2CN(Cc2ccc4c(c2)c(-c2ccc(OC(F)(F)F)cc2)cn4CCCN)C3)=C1Cl. The molecule has 10 heteroatoms. The fraction of sp³-hybridized carbons (Fsp3) is 0.455. The monoisotopic (exact) mass is 632 g/mol. The molecule has 2 N–H and O–H groups in total. The van der Waals surface area contributed by atoms with Crippen LogP contribution in [0.4, 0.5) is 13.2 Å². The van der Waals surface area contributed by atoms with Gasteiger partial charge in [-0.25, -0.2) is 0 Å². The third-order valence-corrected chi connectivity index (χ3v) is 10.0. The van der Waals surface area contributed by atoms with Crippen molar-refractivity contribution in [3.05, 3.63) is 75.9 Å². The molecule has 2 aromatic carbocycles. The molecule has 43 heavy (non-hydrogen) atoms. The summed E-state index contributed by atoms with van der Waals surface area (Å²) in [5, 5.41) is 2.78. The van der Waals surface area contributed by atoms with Gasteiger partial charge in [-0.1, -0.05) is 54.4 Å². The number of hydrogen-bond acceptors (Lipinski definition) is 4. The third-order valence-electron chi connectivity index (χ3n) is 9.06. The maximum absolute atomic E-state index is 12.7. The number of likely N-dealkylation sites (tertiary alicyclic amines) is 1. The van der Waals surface area contributed by atoms with E-state index in [1.54, 1.807) is 12.1 Å². The topological polar surface area (TPSA) is 46.7 Å². The van der Waals surface area contributed by atoms with Gasteiger partial charge in [-0.3, -0.25) is 9.80 Å². The molecule has 6 rings (SSSR count). The van der Waals surface area contributed by atoms with Crippen molar-refractivity contribution >= 4 is 34.1 Å². The highest BCUT2D eigenvalue weighted by molar-refractivity contribution is 6.36. The van der Waals surface area contributed by atoms with Crippen LogP contribution in [0.1, 0.15) is 38.2 Å². The van der Waals surface area contributed by atoms with Gasteiger partial charge in [0, 0.05) is 77.5 Å². The lowest BCUT2D eigenvalue weighted by Crippen LogP contribution is -2.53. The van der Waals surface area contributed by atoms with Crippen LogP contribution in [0.25, 0.3) is 22.0 Å². The second kappa shape index (κ2) is 12.5. The van der Waals surface area contributed by atoms with Crippen molar-refractivity contribution in [1.29, 1.82) is 0 Å². The van der Waals surface area contributed by atoms with Crippen LogP contribution in [-0.4, -0.2) is 59.0 Å². The van der Waals surface area contributed by atoms with Crippen LogP contribution in [-0.2, 0) is 13.1 Å². The molecule has 5 nitrogen and oxygen atoms in total. The normalized spacial score (nSPS) is 23.3. The van der Waals surface area contributed by atoms with Crippen molar-refractivity contribution in [3.8, 4) is 16.9 Å². The predicted molar refractivity (Wildman–Crippen MR) is 167 cm³/mol. The summed E-state index contributed by atoms with van der Waals surface area (Å²) in [7, 11) is 0. The Morgan fingerprint density at radius 1 is 1.00 bits per heavy atom. The quantitative estimate of drug-likeness (QED) is 0.261. The van der Waals surface area contributed by atoms with Crippen LogP contribution in [0.5, 0.6) is 5.75 Å². The van der Waals surface area contributed by atoms with Crippen molar-refractivity contribution in [2.75, 3.05) is 26.2 Å². The van der Waals surface area contributed by atoms with E-state index in [2.05, 4.69) is 56.5 Å². The Labute approximate surface area is 260 Å². The van der Waals surface area contributed by atoms with Gasteiger partial charge >= 0.3 is 6.36 Å². The Hall–Kier alpha value is -2.49. The summed E-state index contributed by atoms with van der Waals surface area (Å²) in [4.78, 5) is 5.15. The lowest BCUT2D eigenvalue weighted by Gasteiger charge is -2.42. The fourth-order valence-electron chi connectivity index (χ4n) is 6.93. The lowest BCUT2D eigenvalue weighted by atomic mass is 9.96. The number of hydrogen-bond donors (Lipinski definition) is 1. The maximum atomic E-state index is 12.7. The first-order valence-electron chi connectivity index (χ1n) is 15.0. The summed E-state index contributed by atoms with van der Waals surface area (Å²) < 4.78 is 44.4. The van der Waals surface area contributed by atoms with E-state index in [-0.39, 0.29) is 5.75 Å².